The molecular formula is C22H24N4O2S. The molecule has 3 N–H and O–H groups in total. The summed E-state index contributed by atoms with van der Waals surface area (Å²) in [7, 11) is 0. The minimum Gasteiger partial charge on any atom is -0.463 e. The highest BCUT2D eigenvalue weighted by molar-refractivity contribution is 7.80. The first kappa shape index (κ1) is 20.5. The molecule has 0 atom stereocenters. The van der Waals surface area contributed by atoms with Gasteiger partial charge in [-0.1, -0.05) is 63.2 Å². The molecule has 3 rings (SSSR count). The van der Waals surface area contributed by atoms with Crippen LogP contribution in [0.2, 0.25) is 0 Å². The maximum Gasteiger partial charge on any atom is 0.432 e. The molecule has 0 radical (unpaired) electrons. The second kappa shape index (κ2) is 8.45. The number of aromatic nitrogens is 2. The van der Waals surface area contributed by atoms with Crippen LogP contribution in [0.3, 0.4) is 0 Å². The molecule has 0 spiro atoms. The second-order valence-corrected chi connectivity index (χ2v) is 8.15. The van der Waals surface area contributed by atoms with Crippen LogP contribution < -0.4 is 10.6 Å². The van der Waals surface area contributed by atoms with E-state index in [9.17, 15) is 9.90 Å². The van der Waals surface area contributed by atoms with Crippen molar-refractivity contribution in [3.63, 3.8) is 0 Å². The molecule has 29 heavy (non-hydrogen) atoms. The van der Waals surface area contributed by atoms with Crippen molar-refractivity contribution in [2.24, 2.45) is 0 Å². The van der Waals surface area contributed by atoms with Gasteiger partial charge in [-0.2, -0.15) is 9.78 Å². The Morgan fingerprint density at radius 1 is 1.10 bits per heavy atom. The van der Waals surface area contributed by atoms with Crippen molar-refractivity contribution < 1.29 is 9.90 Å². The number of benzene rings is 2. The number of carbonyl (C=O) groups is 1. The molecular weight excluding hydrogens is 384 g/mol. The lowest BCUT2D eigenvalue weighted by Gasteiger charge is -2.17. The first-order chi connectivity index (χ1) is 13.7. The summed E-state index contributed by atoms with van der Waals surface area (Å²) in [6, 6.07) is 17.7. The van der Waals surface area contributed by atoms with Crippen molar-refractivity contribution in [2.45, 2.75) is 32.7 Å². The van der Waals surface area contributed by atoms with Gasteiger partial charge in [-0.05, 0) is 35.5 Å². The lowest BCUT2D eigenvalue weighted by Crippen LogP contribution is -2.27. The molecule has 0 unspecified atom stereocenters. The zero-order valence-corrected chi connectivity index (χ0v) is 17.5. The molecule has 7 heteroatoms. The van der Waals surface area contributed by atoms with Crippen LogP contribution in [0.5, 0.6) is 0 Å². The summed E-state index contributed by atoms with van der Waals surface area (Å²) in [6.07, 6.45) is 0.451. The van der Waals surface area contributed by atoms with E-state index >= 15 is 0 Å². The largest absolute Gasteiger partial charge is 0.463 e. The van der Waals surface area contributed by atoms with Gasteiger partial charge in [0.2, 0.25) is 0 Å². The lowest BCUT2D eigenvalue weighted by atomic mass is 9.87. The van der Waals surface area contributed by atoms with Crippen LogP contribution in [0.25, 0.3) is 11.1 Å². The standard InChI is InChI=1S/C22H24N4O2S/c1-22(2,3)19-18(14-26(25-19)21(27)28)16-9-11-17(12-10-16)24-20(29)23-13-15-7-5-4-6-8-15/h4-12,14H,13H2,1-3H3,(H,27,28)(H2,23,24,29). The average Bonchev–Trinajstić information content (AvgIpc) is 3.14. The van der Waals surface area contributed by atoms with Crippen LogP contribution in [0.15, 0.2) is 60.8 Å². The van der Waals surface area contributed by atoms with Gasteiger partial charge in [-0.3, -0.25) is 0 Å². The Kier molecular flexibility index (Phi) is 5.98. The maximum atomic E-state index is 11.3. The van der Waals surface area contributed by atoms with Gasteiger partial charge in [-0.15, -0.1) is 0 Å². The first-order valence-electron chi connectivity index (χ1n) is 9.27. The predicted molar refractivity (Wildman–Crippen MR) is 119 cm³/mol. The molecule has 3 aromatic rings. The summed E-state index contributed by atoms with van der Waals surface area (Å²) < 4.78 is 0.963. The molecule has 0 saturated carbocycles. The summed E-state index contributed by atoms with van der Waals surface area (Å²) in [5.74, 6) is 0. The van der Waals surface area contributed by atoms with Crippen molar-refractivity contribution in [3.05, 3.63) is 72.1 Å². The number of nitrogens with zero attached hydrogens (tertiary/aromatic N) is 2. The van der Waals surface area contributed by atoms with E-state index < -0.39 is 6.09 Å². The van der Waals surface area contributed by atoms with Gasteiger partial charge in [0.25, 0.3) is 0 Å². The third kappa shape index (κ3) is 5.20. The van der Waals surface area contributed by atoms with E-state index in [0.717, 1.165) is 32.8 Å². The summed E-state index contributed by atoms with van der Waals surface area (Å²) in [6.45, 7) is 6.68. The van der Waals surface area contributed by atoms with Gasteiger partial charge in [0.05, 0.1) is 5.69 Å². The Bertz CT molecular complexity index is 1010. The molecule has 0 fully saturated rings. The summed E-state index contributed by atoms with van der Waals surface area (Å²) in [4.78, 5) is 11.3. The molecule has 0 saturated heterocycles. The number of nitrogens with one attached hydrogen (secondary N) is 2. The van der Waals surface area contributed by atoms with Crippen LogP contribution >= 0.6 is 12.2 Å². The Hall–Kier alpha value is -3.19. The highest BCUT2D eigenvalue weighted by Crippen LogP contribution is 2.32. The molecule has 0 aliphatic heterocycles. The third-order valence-electron chi connectivity index (χ3n) is 4.37. The van der Waals surface area contributed by atoms with Crippen LogP contribution in [0, 0.1) is 0 Å². The van der Waals surface area contributed by atoms with Crippen LogP contribution in [-0.4, -0.2) is 26.1 Å². The molecule has 6 nitrogen and oxygen atoms in total. The highest BCUT2D eigenvalue weighted by atomic mass is 32.1. The fourth-order valence-corrected chi connectivity index (χ4v) is 3.11. The van der Waals surface area contributed by atoms with Crippen molar-refractivity contribution in [3.8, 4) is 11.1 Å². The van der Waals surface area contributed by atoms with E-state index in [1.165, 1.54) is 0 Å². The van der Waals surface area contributed by atoms with Gasteiger partial charge < -0.3 is 15.7 Å². The van der Waals surface area contributed by atoms with E-state index in [0.29, 0.717) is 11.7 Å². The Morgan fingerprint density at radius 2 is 1.76 bits per heavy atom. The lowest BCUT2D eigenvalue weighted by molar-refractivity contribution is 0.192. The molecule has 0 aliphatic rings. The molecule has 0 amide bonds. The summed E-state index contributed by atoms with van der Waals surface area (Å²) in [5.41, 5.74) is 4.16. The second-order valence-electron chi connectivity index (χ2n) is 7.74. The quantitative estimate of drug-likeness (QED) is 0.535. The number of carboxylic acid groups (broad SMARTS) is 1. The van der Waals surface area contributed by atoms with Crippen molar-refractivity contribution in [1.29, 1.82) is 0 Å². The minimum atomic E-state index is -1.10. The van der Waals surface area contributed by atoms with Crippen LogP contribution in [0.1, 0.15) is 32.0 Å². The van der Waals surface area contributed by atoms with E-state index in [1.54, 1.807) is 6.20 Å². The molecule has 1 aromatic heterocycles. The van der Waals surface area contributed by atoms with E-state index in [2.05, 4.69) is 15.7 Å². The zero-order valence-electron chi connectivity index (χ0n) is 16.6. The predicted octanol–water partition coefficient (Wildman–Crippen LogP) is 4.86. The number of hydrogen-bond donors (Lipinski definition) is 3. The first-order valence-corrected chi connectivity index (χ1v) is 9.67. The Morgan fingerprint density at radius 3 is 2.34 bits per heavy atom. The van der Waals surface area contributed by atoms with Crippen LogP contribution in [-0.2, 0) is 12.0 Å². The zero-order chi connectivity index (χ0) is 21.0. The smallest absolute Gasteiger partial charge is 0.432 e. The average molecular weight is 409 g/mol. The van der Waals surface area contributed by atoms with Crippen molar-refractivity contribution >= 4 is 29.1 Å². The van der Waals surface area contributed by atoms with Gasteiger partial charge >= 0.3 is 6.09 Å². The Balaban J connectivity index is 1.72. The fourth-order valence-electron chi connectivity index (χ4n) is 2.92. The van der Waals surface area contributed by atoms with Gasteiger partial charge in [0.1, 0.15) is 0 Å². The van der Waals surface area contributed by atoms with Gasteiger partial charge in [0, 0.05) is 29.4 Å². The number of anilines is 1. The van der Waals surface area contributed by atoms with Crippen molar-refractivity contribution in [1.82, 2.24) is 15.1 Å². The molecule has 0 bridgehead atoms. The van der Waals surface area contributed by atoms with E-state index in [1.807, 2.05) is 75.4 Å². The molecule has 150 valence electrons. The van der Waals surface area contributed by atoms with E-state index in [4.69, 9.17) is 12.2 Å². The monoisotopic (exact) mass is 408 g/mol. The number of hydrogen-bond acceptors (Lipinski definition) is 3. The van der Waals surface area contributed by atoms with E-state index in [-0.39, 0.29) is 5.41 Å². The molecule has 2 aromatic carbocycles. The normalized spacial score (nSPS) is 11.1. The van der Waals surface area contributed by atoms with Gasteiger partial charge in [-0.25, -0.2) is 4.79 Å². The number of rotatable bonds is 4. The maximum absolute atomic E-state index is 11.3. The van der Waals surface area contributed by atoms with Gasteiger partial charge in [0.15, 0.2) is 5.11 Å². The fraction of sp³-hybridized carbons (Fsp3) is 0.227. The third-order valence-corrected chi connectivity index (χ3v) is 4.62. The highest BCUT2D eigenvalue weighted by Gasteiger charge is 2.24. The topological polar surface area (TPSA) is 79.2 Å². The SMILES string of the molecule is CC(C)(C)c1nn(C(=O)O)cc1-c1ccc(NC(=S)NCc2ccccc2)cc1. The minimum absolute atomic E-state index is 0.282. The van der Waals surface area contributed by atoms with Crippen LogP contribution in [0.4, 0.5) is 10.5 Å². The summed E-state index contributed by atoms with van der Waals surface area (Å²) >= 11 is 5.36. The summed E-state index contributed by atoms with van der Waals surface area (Å²) in [5, 5.41) is 20.4. The number of thiocarbonyl (C=S) groups is 1. The molecule has 0 aliphatic carbocycles. The Labute approximate surface area is 175 Å². The van der Waals surface area contributed by atoms with Crippen molar-refractivity contribution in [2.75, 3.05) is 5.32 Å². The molecule has 1 heterocycles.